The van der Waals surface area contributed by atoms with Gasteiger partial charge in [0.25, 0.3) is 0 Å². The van der Waals surface area contributed by atoms with Crippen LogP contribution in [0.25, 0.3) is 0 Å². The third-order valence-corrected chi connectivity index (χ3v) is 2.76. The first-order valence-corrected chi connectivity index (χ1v) is 6.24. The Labute approximate surface area is 115 Å². The van der Waals surface area contributed by atoms with Crippen molar-refractivity contribution in [2.45, 2.75) is 13.5 Å². The summed E-state index contributed by atoms with van der Waals surface area (Å²) in [6.07, 6.45) is 0. The monoisotopic (exact) mass is 279 g/mol. The normalized spacial score (nSPS) is 10.3. The van der Waals surface area contributed by atoms with Crippen molar-refractivity contribution in [3.8, 4) is 11.5 Å². The van der Waals surface area contributed by atoms with Crippen LogP contribution in [0.4, 0.5) is 14.5 Å². The molecule has 2 aromatic rings. The standard InChI is InChI=1S/C15H15F2NO2/c1-2-20-14-8-10(6-7-13(14)19)9-18-12-5-3-4-11(16)15(12)17/h3-8,18-19H,2,9H2,1H3. The van der Waals surface area contributed by atoms with E-state index in [4.69, 9.17) is 4.74 Å². The third-order valence-electron chi connectivity index (χ3n) is 2.76. The molecule has 0 amide bonds. The van der Waals surface area contributed by atoms with Crippen molar-refractivity contribution >= 4 is 5.69 Å². The minimum atomic E-state index is -0.906. The quantitative estimate of drug-likeness (QED) is 0.877. The number of anilines is 1. The molecule has 0 fully saturated rings. The summed E-state index contributed by atoms with van der Waals surface area (Å²) in [6, 6.07) is 8.80. The van der Waals surface area contributed by atoms with E-state index in [9.17, 15) is 13.9 Å². The maximum Gasteiger partial charge on any atom is 0.181 e. The zero-order valence-corrected chi connectivity index (χ0v) is 11.0. The van der Waals surface area contributed by atoms with Gasteiger partial charge in [-0.1, -0.05) is 12.1 Å². The molecule has 2 N–H and O–H groups in total. The van der Waals surface area contributed by atoms with E-state index in [0.717, 1.165) is 11.6 Å². The van der Waals surface area contributed by atoms with Crippen LogP contribution in [-0.2, 0) is 6.54 Å². The van der Waals surface area contributed by atoms with Gasteiger partial charge >= 0.3 is 0 Å². The van der Waals surface area contributed by atoms with Crippen LogP contribution in [-0.4, -0.2) is 11.7 Å². The minimum absolute atomic E-state index is 0.0486. The molecule has 2 rings (SSSR count). The zero-order valence-electron chi connectivity index (χ0n) is 11.0. The topological polar surface area (TPSA) is 41.5 Å². The molecule has 0 atom stereocenters. The van der Waals surface area contributed by atoms with Crippen molar-refractivity contribution in [2.75, 3.05) is 11.9 Å². The molecule has 0 saturated carbocycles. The molecule has 0 aromatic heterocycles. The highest BCUT2D eigenvalue weighted by molar-refractivity contribution is 5.47. The number of nitrogens with one attached hydrogen (secondary N) is 1. The zero-order chi connectivity index (χ0) is 14.5. The second kappa shape index (κ2) is 6.23. The molecule has 0 radical (unpaired) electrons. The summed E-state index contributed by atoms with van der Waals surface area (Å²) in [4.78, 5) is 0. The van der Waals surface area contributed by atoms with Gasteiger partial charge in [-0.2, -0.15) is 0 Å². The molecule has 0 aliphatic heterocycles. The first-order chi connectivity index (χ1) is 9.61. The van der Waals surface area contributed by atoms with Gasteiger partial charge < -0.3 is 15.2 Å². The summed E-state index contributed by atoms with van der Waals surface area (Å²) in [5, 5.41) is 12.4. The van der Waals surface area contributed by atoms with Gasteiger partial charge in [0.1, 0.15) is 0 Å². The van der Waals surface area contributed by atoms with Gasteiger partial charge in [-0.25, -0.2) is 8.78 Å². The fraction of sp³-hybridized carbons (Fsp3) is 0.200. The molecule has 20 heavy (non-hydrogen) atoms. The van der Waals surface area contributed by atoms with Crippen LogP contribution in [0.1, 0.15) is 12.5 Å². The fourth-order valence-electron chi connectivity index (χ4n) is 1.78. The molecule has 0 saturated heterocycles. The number of hydrogen-bond donors (Lipinski definition) is 2. The number of ether oxygens (including phenoxy) is 1. The van der Waals surface area contributed by atoms with E-state index in [1.807, 2.05) is 6.92 Å². The largest absolute Gasteiger partial charge is 0.504 e. The number of phenols is 1. The highest BCUT2D eigenvalue weighted by Crippen LogP contribution is 2.27. The number of phenolic OH excluding ortho intramolecular Hbond substituents is 1. The van der Waals surface area contributed by atoms with E-state index < -0.39 is 11.6 Å². The van der Waals surface area contributed by atoms with E-state index in [1.165, 1.54) is 18.2 Å². The Morgan fingerprint density at radius 1 is 1.20 bits per heavy atom. The molecule has 0 spiro atoms. The van der Waals surface area contributed by atoms with Gasteiger partial charge in [-0.05, 0) is 36.8 Å². The van der Waals surface area contributed by atoms with Gasteiger partial charge in [-0.3, -0.25) is 0 Å². The van der Waals surface area contributed by atoms with Gasteiger partial charge in [-0.15, -0.1) is 0 Å². The lowest BCUT2D eigenvalue weighted by Gasteiger charge is -2.10. The molecule has 0 heterocycles. The number of benzene rings is 2. The lowest BCUT2D eigenvalue weighted by atomic mass is 10.2. The molecule has 2 aromatic carbocycles. The molecule has 106 valence electrons. The Morgan fingerprint density at radius 3 is 2.75 bits per heavy atom. The van der Waals surface area contributed by atoms with Crippen LogP contribution < -0.4 is 10.1 Å². The van der Waals surface area contributed by atoms with Crippen molar-refractivity contribution in [2.24, 2.45) is 0 Å². The van der Waals surface area contributed by atoms with Gasteiger partial charge in [0, 0.05) is 6.54 Å². The molecular weight excluding hydrogens is 264 g/mol. The summed E-state index contributed by atoms with van der Waals surface area (Å²) in [5.74, 6) is -1.38. The van der Waals surface area contributed by atoms with Gasteiger partial charge in [0.15, 0.2) is 23.1 Å². The number of hydrogen-bond acceptors (Lipinski definition) is 3. The van der Waals surface area contributed by atoms with Crippen molar-refractivity contribution < 1.29 is 18.6 Å². The predicted molar refractivity (Wildman–Crippen MR) is 73.0 cm³/mol. The summed E-state index contributed by atoms with van der Waals surface area (Å²) >= 11 is 0. The average Bonchev–Trinajstić information content (AvgIpc) is 2.44. The van der Waals surface area contributed by atoms with Crippen molar-refractivity contribution in [1.29, 1.82) is 0 Å². The fourth-order valence-corrected chi connectivity index (χ4v) is 1.78. The summed E-state index contributed by atoms with van der Waals surface area (Å²) < 4.78 is 31.8. The van der Waals surface area contributed by atoms with Crippen LogP contribution >= 0.6 is 0 Å². The second-order valence-electron chi connectivity index (χ2n) is 4.19. The predicted octanol–water partition coefficient (Wildman–Crippen LogP) is 3.68. The van der Waals surface area contributed by atoms with Crippen molar-refractivity contribution in [3.63, 3.8) is 0 Å². The maximum atomic E-state index is 13.5. The molecular formula is C15H15F2NO2. The van der Waals surface area contributed by atoms with Crippen molar-refractivity contribution in [3.05, 3.63) is 53.6 Å². The number of rotatable bonds is 5. The van der Waals surface area contributed by atoms with Crippen LogP contribution in [0.3, 0.4) is 0 Å². The molecule has 0 unspecified atom stereocenters. The molecule has 5 heteroatoms. The third kappa shape index (κ3) is 3.17. The lowest BCUT2D eigenvalue weighted by molar-refractivity contribution is 0.318. The summed E-state index contributed by atoms with van der Waals surface area (Å²) in [7, 11) is 0. The average molecular weight is 279 g/mol. The Hall–Kier alpha value is -2.30. The van der Waals surface area contributed by atoms with E-state index in [1.54, 1.807) is 12.1 Å². The first kappa shape index (κ1) is 14.1. The van der Waals surface area contributed by atoms with Gasteiger partial charge in [0.05, 0.1) is 12.3 Å². The SMILES string of the molecule is CCOc1cc(CNc2cccc(F)c2F)ccc1O. The summed E-state index contributed by atoms with van der Waals surface area (Å²) in [5.41, 5.74) is 0.881. The minimum Gasteiger partial charge on any atom is -0.504 e. The van der Waals surface area contributed by atoms with E-state index in [0.29, 0.717) is 18.9 Å². The van der Waals surface area contributed by atoms with E-state index >= 15 is 0 Å². The number of aromatic hydroxyl groups is 1. The van der Waals surface area contributed by atoms with Crippen LogP contribution in [0.2, 0.25) is 0 Å². The van der Waals surface area contributed by atoms with Crippen LogP contribution in [0, 0.1) is 11.6 Å². The summed E-state index contributed by atoms with van der Waals surface area (Å²) in [6.45, 7) is 2.54. The number of halogens is 2. The van der Waals surface area contributed by atoms with E-state index in [-0.39, 0.29) is 11.4 Å². The second-order valence-corrected chi connectivity index (χ2v) is 4.19. The van der Waals surface area contributed by atoms with E-state index in [2.05, 4.69) is 5.32 Å². The van der Waals surface area contributed by atoms with Crippen molar-refractivity contribution in [1.82, 2.24) is 0 Å². The molecule has 0 aliphatic rings. The first-order valence-electron chi connectivity index (χ1n) is 6.24. The van der Waals surface area contributed by atoms with Crippen LogP contribution in [0.15, 0.2) is 36.4 Å². The molecule has 0 aliphatic carbocycles. The maximum absolute atomic E-state index is 13.5. The Bertz CT molecular complexity index is 602. The Morgan fingerprint density at radius 2 is 2.00 bits per heavy atom. The molecule has 3 nitrogen and oxygen atoms in total. The van der Waals surface area contributed by atoms with Crippen LogP contribution in [0.5, 0.6) is 11.5 Å². The Kier molecular flexibility index (Phi) is 4.40. The lowest BCUT2D eigenvalue weighted by Crippen LogP contribution is -2.03. The smallest absolute Gasteiger partial charge is 0.181 e. The highest BCUT2D eigenvalue weighted by atomic mass is 19.2. The molecule has 0 bridgehead atoms. The van der Waals surface area contributed by atoms with Gasteiger partial charge in [0.2, 0.25) is 0 Å². The Balaban J connectivity index is 2.11. The highest BCUT2D eigenvalue weighted by Gasteiger charge is 2.08.